The van der Waals surface area contributed by atoms with Gasteiger partial charge in [-0.25, -0.2) is 13.1 Å². The summed E-state index contributed by atoms with van der Waals surface area (Å²) < 4.78 is 38.3. The van der Waals surface area contributed by atoms with E-state index >= 15 is 0 Å². The summed E-state index contributed by atoms with van der Waals surface area (Å²) in [6, 6.07) is 14.6. The van der Waals surface area contributed by atoms with E-state index < -0.39 is 15.9 Å². The molecule has 1 aliphatic heterocycles. The molecule has 1 aromatic heterocycles. The van der Waals surface area contributed by atoms with E-state index in [1.54, 1.807) is 43.2 Å². The molecule has 0 unspecified atom stereocenters. The molecule has 11 heteroatoms. The molecular weight excluding hydrogens is 502 g/mol. The van der Waals surface area contributed by atoms with E-state index in [4.69, 9.17) is 9.15 Å². The summed E-state index contributed by atoms with van der Waals surface area (Å²) in [5.74, 6) is 1.01. The van der Waals surface area contributed by atoms with Gasteiger partial charge < -0.3 is 19.4 Å². The van der Waals surface area contributed by atoms with Gasteiger partial charge in [0.15, 0.2) is 0 Å². The molecule has 2 amide bonds. The number of rotatable bonds is 9. The first kappa shape index (κ1) is 25.8. The first-order valence-corrected chi connectivity index (χ1v) is 13.8. The smallest absolute Gasteiger partial charge is 0.255 e. The second kappa shape index (κ2) is 10.8. The highest BCUT2D eigenvalue weighted by Crippen LogP contribution is 2.39. The van der Waals surface area contributed by atoms with Gasteiger partial charge >= 0.3 is 0 Å². The van der Waals surface area contributed by atoms with E-state index in [0.29, 0.717) is 29.4 Å². The molecule has 1 atom stereocenters. The van der Waals surface area contributed by atoms with Gasteiger partial charge in [0.05, 0.1) is 36.3 Å². The number of thioether (sulfide) groups is 1. The summed E-state index contributed by atoms with van der Waals surface area (Å²) >= 11 is 1.52. The molecule has 0 saturated carbocycles. The molecule has 0 aliphatic carbocycles. The van der Waals surface area contributed by atoms with E-state index in [9.17, 15) is 18.0 Å². The Hall–Kier alpha value is -3.28. The van der Waals surface area contributed by atoms with E-state index in [0.717, 1.165) is 5.56 Å². The average Bonchev–Trinajstić information content (AvgIpc) is 3.48. The Morgan fingerprint density at radius 2 is 1.94 bits per heavy atom. The van der Waals surface area contributed by atoms with Crippen LogP contribution in [0.25, 0.3) is 0 Å². The number of carbonyl (C=O) groups is 2. The Balaban J connectivity index is 1.51. The van der Waals surface area contributed by atoms with E-state index in [2.05, 4.69) is 10.0 Å². The fourth-order valence-corrected chi connectivity index (χ4v) is 6.26. The molecule has 4 rings (SSSR count). The molecule has 0 spiro atoms. The third-order valence-corrected chi connectivity index (χ3v) is 8.36. The lowest BCUT2D eigenvalue weighted by Crippen LogP contribution is -2.30. The Labute approximate surface area is 214 Å². The van der Waals surface area contributed by atoms with Crippen molar-refractivity contribution >= 4 is 39.3 Å². The van der Waals surface area contributed by atoms with Crippen LogP contribution in [0.3, 0.4) is 0 Å². The average molecular weight is 530 g/mol. The molecule has 36 heavy (non-hydrogen) atoms. The third-order valence-electron chi connectivity index (χ3n) is 5.45. The summed E-state index contributed by atoms with van der Waals surface area (Å²) in [5, 5.41) is 2.55. The number of furan rings is 1. The van der Waals surface area contributed by atoms with Crippen molar-refractivity contribution in [3.63, 3.8) is 0 Å². The topological polar surface area (TPSA) is 118 Å². The van der Waals surface area contributed by atoms with Gasteiger partial charge in [0.2, 0.25) is 15.9 Å². The zero-order valence-corrected chi connectivity index (χ0v) is 21.7. The maximum Gasteiger partial charge on any atom is 0.255 e. The minimum Gasteiger partial charge on any atom is -0.495 e. The van der Waals surface area contributed by atoms with Crippen molar-refractivity contribution in [2.45, 2.75) is 36.7 Å². The van der Waals surface area contributed by atoms with Crippen LogP contribution < -0.4 is 14.8 Å². The Bertz CT molecular complexity index is 1340. The predicted molar refractivity (Wildman–Crippen MR) is 137 cm³/mol. The molecule has 1 aliphatic rings. The monoisotopic (exact) mass is 529 g/mol. The lowest BCUT2D eigenvalue weighted by Gasteiger charge is -2.23. The van der Waals surface area contributed by atoms with Gasteiger partial charge in [-0.2, -0.15) is 0 Å². The molecule has 2 aromatic carbocycles. The number of nitrogens with zero attached hydrogens (tertiary/aromatic N) is 1. The van der Waals surface area contributed by atoms with Crippen LogP contribution in [-0.2, 0) is 21.4 Å². The molecular formula is C25H27N3O6S2. The van der Waals surface area contributed by atoms with Gasteiger partial charge in [0, 0.05) is 11.6 Å². The second-order valence-electron chi connectivity index (χ2n) is 8.48. The number of carbonyl (C=O) groups excluding carboxylic acids is 2. The molecule has 2 N–H and O–H groups in total. The number of anilines is 1. The highest BCUT2D eigenvalue weighted by atomic mass is 32.2. The number of hydrogen-bond acceptors (Lipinski definition) is 7. The largest absolute Gasteiger partial charge is 0.495 e. The summed E-state index contributed by atoms with van der Waals surface area (Å²) in [7, 11) is -2.31. The quantitative estimate of drug-likeness (QED) is 0.430. The maximum atomic E-state index is 13.0. The molecule has 3 aromatic rings. The normalized spacial score (nSPS) is 15.9. The van der Waals surface area contributed by atoms with E-state index in [-0.39, 0.29) is 27.9 Å². The number of hydrogen-bond donors (Lipinski definition) is 2. The Morgan fingerprint density at radius 3 is 2.58 bits per heavy atom. The van der Waals surface area contributed by atoms with Gasteiger partial charge in [-0.1, -0.05) is 12.1 Å². The Morgan fingerprint density at radius 1 is 1.19 bits per heavy atom. The number of nitrogens with one attached hydrogen (secondary N) is 2. The molecule has 190 valence electrons. The maximum absolute atomic E-state index is 13.0. The van der Waals surface area contributed by atoms with E-state index in [1.165, 1.54) is 37.1 Å². The van der Waals surface area contributed by atoms with Gasteiger partial charge in [-0.05, 0) is 61.9 Å². The van der Waals surface area contributed by atoms with Crippen molar-refractivity contribution in [2.75, 3.05) is 18.2 Å². The van der Waals surface area contributed by atoms with Gasteiger partial charge in [0.25, 0.3) is 5.91 Å². The minimum atomic E-state index is -3.75. The van der Waals surface area contributed by atoms with Crippen LogP contribution in [0.5, 0.6) is 5.75 Å². The first-order valence-electron chi connectivity index (χ1n) is 11.2. The zero-order valence-electron chi connectivity index (χ0n) is 20.1. The molecule has 1 fully saturated rings. The van der Waals surface area contributed by atoms with E-state index in [1.807, 2.05) is 18.2 Å². The van der Waals surface area contributed by atoms with Crippen molar-refractivity contribution in [1.29, 1.82) is 0 Å². The minimum absolute atomic E-state index is 0.0159. The third kappa shape index (κ3) is 5.75. The predicted octanol–water partition coefficient (Wildman–Crippen LogP) is 4.00. The zero-order chi connectivity index (χ0) is 25.9. The van der Waals surface area contributed by atoms with Crippen LogP contribution >= 0.6 is 11.8 Å². The molecule has 0 radical (unpaired) electrons. The molecule has 2 heterocycles. The molecule has 1 saturated heterocycles. The van der Waals surface area contributed by atoms with Crippen molar-refractivity contribution in [1.82, 2.24) is 9.62 Å². The highest BCUT2D eigenvalue weighted by molar-refractivity contribution is 8.00. The molecule has 0 bridgehead atoms. The second-order valence-corrected chi connectivity index (χ2v) is 11.3. The first-order chi connectivity index (χ1) is 17.2. The van der Waals surface area contributed by atoms with Gasteiger partial charge in [-0.3, -0.25) is 9.59 Å². The lowest BCUT2D eigenvalue weighted by molar-refractivity contribution is -0.128. The number of methoxy groups -OCH3 is 1. The van der Waals surface area contributed by atoms with Crippen LogP contribution in [0.1, 0.15) is 40.9 Å². The van der Waals surface area contributed by atoms with Crippen LogP contribution in [0, 0.1) is 0 Å². The number of ether oxygens (including phenoxy) is 1. The summed E-state index contributed by atoms with van der Waals surface area (Å²) in [6.45, 7) is 3.82. The SMILES string of the molecule is COc1ccc(S(=O)(=O)NC(C)C)cc1NC(=O)c1ccc([C@@H]2SCC(=O)N2Cc2ccco2)cc1. The lowest BCUT2D eigenvalue weighted by atomic mass is 10.1. The number of benzene rings is 2. The summed E-state index contributed by atoms with van der Waals surface area (Å²) in [6.07, 6.45) is 1.58. The fourth-order valence-electron chi connectivity index (χ4n) is 3.80. The van der Waals surface area contributed by atoms with Crippen LogP contribution in [0.15, 0.2) is 70.2 Å². The van der Waals surface area contributed by atoms with Gasteiger partial charge in [-0.15, -0.1) is 11.8 Å². The summed E-state index contributed by atoms with van der Waals surface area (Å²) in [5.41, 5.74) is 1.50. The van der Waals surface area contributed by atoms with Crippen molar-refractivity contribution < 1.29 is 27.2 Å². The molecule has 9 nitrogen and oxygen atoms in total. The number of sulfonamides is 1. The highest BCUT2D eigenvalue weighted by Gasteiger charge is 2.33. The van der Waals surface area contributed by atoms with Crippen molar-refractivity contribution in [2.24, 2.45) is 0 Å². The van der Waals surface area contributed by atoms with Crippen LogP contribution in [0.4, 0.5) is 5.69 Å². The van der Waals surface area contributed by atoms with Crippen molar-refractivity contribution in [3.8, 4) is 5.75 Å². The Kier molecular flexibility index (Phi) is 7.72. The van der Waals surface area contributed by atoms with Crippen LogP contribution in [0.2, 0.25) is 0 Å². The summed E-state index contributed by atoms with van der Waals surface area (Å²) in [4.78, 5) is 27.2. The fraction of sp³-hybridized carbons (Fsp3) is 0.280. The van der Waals surface area contributed by atoms with Gasteiger partial charge in [0.1, 0.15) is 16.9 Å². The van der Waals surface area contributed by atoms with Crippen molar-refractivity contribution in [3.05, 3.63) is 77.7 Å². The number of amides is 2. The van der Waals surface area contributed by atoms with Crippen LogP contribution in [-0.4, -0.2) is 44.0 Å². The standard InChI is InChI=1S/C25H27N3O6S2/c1-16(2)27-36(31,32)20-10-11-22(33-3)21(13-20)26-24(30)17-6-8-18(9-7-17)25-28(23(29)15-35-25)14-19-5-4-12-34-19/h4-13,16,25,27H,14-15H2,1-3H3,(H,26,30)/t25-/m0/s1.